The summed E-state index contributed by atoms with van der Waals surface area (Å²) in [5.41, 5.74) is 0.289. The molecule has 0 aliphatic carbocycles. The first-order valence-corrected chi connectivity index (χ1v) is 3.74. The molecular weight excluding hydrogens is 183 g/mol. The van der Waals surface area contributed by atoms with Gasteiger partial charge < -0.3 is 0 Å². The molecule has 66 valence electrons. The number of hydrogen-bond donors (Lipinski definition) is 0. The molecule has 0 unspecified atom stereocenters. The molecule has 0 saturated heterocycles. The average Bonchev–Trinajstić information content (AvgIpc) is 2.28. The number of hydrogen-bond acceptors (Lipinski definition) is 2. The van der Waals surface area contributed by atoms with Gasteiger partial charge >= 0.3 is 0 Å². The Kier molecular flexibility index (Phi) is 2.47. The van der Waals surface area contributed by atoms with Crippen LogP contribution in [0.2, 0.25) is 5.15 Å². The fourth-order valence-electron chi connectivity index (χ4n) is 0.998. The Hall–Kier alpha value is -0.900. The third-order valence-corrected chi connectivity index (χ3v) is 1.96. The Morgan fingerprint density at radius 3 is 2.67 bits per heavy atom. The first kappa shape index (κ1) is 9.19. The van der Waals surface area contributed by atoms with Gasteiger partial charge in [-0.25, -0.2) is 4.39 Å². The SMILES string of the molecule is CC(=O)c1c(CF)nn(C)c1Cl. The summed E-state index contributed by atoms with van der Waals surface area (Å²) in [5.74, 6) is -0.263. The number of ketones is 1. The fraction of sp³-hybridized carbons (Fsp3) is 0.429. The van der Waals surface area contributed by atoms with E-state index in [1.165, 1.54) is 11.6 Å². The number of alkyl halides is 1. The van der Waals surface area contributed by atoms with Gasteiger partial charge in [-0.1, -0.05) is 11.6 Å². The van der Waals surface area contributed by atoms with Gasteiger partial charge in [0, 0.05) is 7.05 Å². The van der Waals surface area contributed by atoms with E-state index in [1.54, 1.807) is 7.05 Å². The monoisotopic (exact) mass is 190 g/mol. The molecule has 0 radical (unpaired) electrons. The molecule has 0 amide bonds. The van der Waals surface area contributed by atoms with Crippen LogP contribution >= 0.6 is 11.6 Å². The zero-order valence-electron chi connectivity index (χ0n) is 6.77. The summed E-state index contributed by atoms with van der Waals surface area (Å²) in [6.45, 7) is 0.567. The highest BCUT2D eigenvalue weighted by Crippen LogP contribution is 2.20. The first-order valence-electron chi connectivity index (χ1n) is 3.36. The average molecular weight is 191 g/mol. The molecule has 5 heteroatoms. The van der Waals surface area contributed by atoms with Crippen molar-refractivity contribution < 1.29 is 9.18 Å². The van der Waals surface area contributed by atoms with E-state index in [4.69, 9.17) is 11.6 Å². The number of nitrogens with zero attached hydrogens (tertiary/aromatic N) is 2. The predicted octanol–water partition coefficient (Wildman–Crippen LogP) is 1.75. The highest BCUT2D eigenvalue weighted by Gasteiger charge is 2.17. The molecule has 0 spiro atoms. The second-order valence-electron chi connectivity index (χ2n) is 2.43. The van der Waals surface area contributed by atoms with Crippen LogP contribution in [0.15, 0.2) is 0 Å². The van der Waals surface area contributed by atoms with E-state index >= 15 is 0 Å². The largest absolute Gasteiger partial charge is 0.294 e. The number of carbonyl (C=O) groups excluding carboxylic acids is 1. The van der Waals surface area contributed by atoms with Crippen molar-refractivity contribution in [1.82, 2.24) is 9.78 Å². The second kappa shape index (κ2) is 3.23. The summed E-state index contributed by atoms with van der Waals surface area (Å²) in [5, 5.41) is 3.93. The standard InChI is InChI=1S/C7H8ClFN2O/c1-4(12)6-5(3-9)10-11(2)7(6)8/h3H2,1-2H3. The van der Waals surface area contributed by atoms with Crippen molar-refractivity contribution in [3.8, 4) is 0 Å². The van der Waals surface area contributed by atoms with Gasteiger partial charge in [-0.05, 0) is 6.92 Å². The van der Waals surface area contributed by atoms with Gasteiger partial charge in [0.05, 0.1) is 5.56 Å². The molecule has 1 heterocycles. The van der Waals surface area contributed by atoms with Crippen LogP contribution < -0.4 is 0 Å². The molecule has 12 heavy (non-hydrogen) atoms. The second-order valence-corrected chi connectivity index (χ2v) is 2.78. The minimum atomic E-state index is -0.768. The summed E-state index contributed by atoms with van der Waals surface area (Å²) in [6.07, 6.45) is 0. The Morgan fingerprint density at radius 2 is 2.33 bits per heavy atom. The van der Waals surface area contributed by atoms with Crippen molar-refractivity contribution >= 4 is 17.4 Å². The smallest absolute Gasteiger partial charge is 0.164 e. The Balaban J connectivity index is 3.31. The van der Waals surface area contributed by atoms with Gasteiger partial charge in [-0.15, -0.1) is 0 Å². The summed E-state index contributed by atoms with van der Waals surface area (Å²) in [6, 6.07) is 0. The zero-order valence-corrected chi connectivity index (χ0v) is 7.52. The normalized spacial score (nSPS) is 10.3. The highest BCUT2D eigenvalue weighted by molar-refractivity contribution is 6.33. The zero-order chi connectivity index (χ0) is 9.30. The molecule has 0 fully saturated rings. The predicted molar refractivity (Wildman–Crippen MR) is 43.0 cm³/mol. The molecule has 1 aromatic heterocycles. The number of rotatable bonds is 2. The molecule has 1 rings (SSSR count). The third kappa shape index (κ3) is 1.34. The van der Waals surface area contributed by atoms with Crippen LogP contribution in [0.25, 0.3) is 0 Å². The van der Waals surface area contributed by atoms with E-state index in [9.17, 15) is 9.18 Å². The van der Waals surface area contributed by atoms with Gasteiger partial charge in [0.2, 0.25) is 0 Å². The maximum Gasteiger partial charge on any atom is 0.164 e. The summed E-state index contributed by atoms with van der Waals surface area (Å²) >= 11 is 5.70. The minimum absolute atomic E-state index is 0.106. The van der Waals surface area contributed by atoms with Crippen LogP contribution in [0.5, 0.6) is 0 Å². The van der Waals surface area contributed by atoms with Crippen molar-refractivity contribution in [3.63, 3.8) is 0 Å². The number of aromatic nitrogens is 2. The summed E-state index contributed by atoms with van der Waals surface area (Å²) in [7, 11) is 1.56. The Labute approximate surface area is 74.1 Å². The van der Waals surface area contributed by atoms with Crippen molar-refractivity contribution in [2.45, 2.75) is 13.6 Å². The molecule has 0 aliphatic heterocycles. The molecule has 0 aromatic carbocycles. The lowest BCUT2D eigenvalue weighted by atomic mass is 10.2. The van der Waals surface area contributed by atoms with E-state index < -0.39 is 6.67 Å². The molecular formula is C7H8ClFN2O. The maximum absolute atomic E-state index is 12.3. The molecule has 3 nitrogen and oxygen atoms in total. The van der Waals surface area contributed by atoms with Crippen LogP contribution in [0, 0.1) is 0 Å². The van der Waals surface area contributed by atoms with Gasteiger partial charge in [0.1, 0.15) is 17.5 Å². The lowest BCUT2D eigenvalue weighted by Gasteiger charge is -1.92. The number of carbonyl (C=O) groups is 1. The van der Waals surface area contributed by atoms with Crippen LogP contribution in [0.3, 0.4) is 0 Å². The summed E-state index contributed by atoms with van der Waals surface area (Å²) < 4.78 is 13.5. The number of Topliss-reactive ketones (excluding diaryl/α,β-unsaturated/α-hetero) is 1. The molecule has 0 bridgehead atoms. The van der Waals surface area contributed by atoms with Gasteiger partial charge in [-0.3, -0.25) is 9.48 Å². The minimum Gasteiger partial charge on any atom is -0.294 e. The number of halogens is 2. The van der Waals surface area contributed by atoms with Gasteiger partial charge in [-0.2, -0.15) is 5.10 Å². The number of aryl methyl sites for hydroxylation is 1. The maximum atomic E-state index is 12.3. The molecule has 0 aliphatic rings. The molecule has 0 saturated carbocycles. The van der Waals surface area contributed by atoms with E-state index in [0.717, 1.165) is 0 Å². The van der Waals surface area contributed by atoms with E-state index in [0.29, 0.717) is 0 Å². The molecule has 1 aromatic rings. The Bertz CT molecular complexity index is 321. The van der Waals surface area contributed by atoms with E-state index in [2.05, 4.69) is 5.10 Å². The van der Waals surface area contributed by atoms with Crippen LogP contribution in [-0.2, 0) is 13.7 Å². The van der Waals surface area contributed by atoms with E-state index in [-0.39, 0.29) is 22.2 Å². The van der Waals surface area contributed by atoms with Gasteiger partial charge in [0.25, 0.3) is 0 Å². The van der Waals surface area contributed by atoms with Crippen molar-refractivity contribution in [2.75, 3.05) is 0 Å². The fourth-order valence-corrected chi connectivity index (χ4v) is 1.28. The topological polar surface area (TPSA) is 34.9 Å². The molecule has 0 N–H and O–H groups in total. The van der Waals surface area contributed by atoms with Crippen molar-refractivity contribution in [1.29, 1.82) is 0 Å². The lowest BCUT2D eigenvalue weighted by Crippen LogP contribution is -1.95. The van der Waals surface area contributed by atoms with Crippen LogP contribution in [0.4, 0.5) is 4.39 Å². The van der Waals surface area contributed by atoms with Crippen LogP contribution in [0.1, 0.15) is 23.0 Å². The quantitative estimate of drug-likeness (QED) is 0.666. The lowest BCUT2D eigenvalue weighted by molar-refractivity contribution is 0.101. The van der Waals surface area contributed by atoms with Gasteiger partial charge in [0.15, 0.2) is 5.78 Å². The van der Waals surface area contributed by atoms with Crippen molar-refractivity contribution in [3.05, 3.63) is 16.4 Å². The van der Waals surface area contributed by atoms with Crippen LogP contribution in [-0.4, -0.2) is 15.6 Å². The summed E-state index contributed by atoms with van der Waals surface area (Å²) in [4.78, 5) is 11.0. The molecule has 0 atom stereocenters. The third-order valence-electron chi connectivity index (χ3n) is 1.53. The van der Waals surface area contributed by atoms with E-state index in [1.807, 2.05) is 0 Å². The first-order chi connectivity index (χ1) is 5.57. The van der Waals surface area contributed by atoms with Crippen molar-refractivity contribution in [2.24, 2.45) is 7.05 Å². The Morgan fingerprint density at radius 1 is 1.75 bits per heavy atom. The highest BCUT2D eigenvalue weighted by atomic mass is 35.5.